The zero-order chi connectivity index (χ0) is 9.36. The monoisotopic (exact) mass is 179 g/mol. The van der Waals surface area contributed by atoms with Crippen LogP contribution in [0.15, 0.2) is 17.4 Å². The number of hydrogen-bond acceptors (Lipinski definition) is 1. The number of allylic oxidation sites excluding steroid dienone is 1. The van der Waals surface area contributed by atoms with Gasteiger partial charge in [-0.25, -0.2) is 0 Å². The molecule has 0 spiro atoms. The van der Waals surface area contributed by atoms with E-state index in [1.807, 2.05) is 6.08 Å². The molecule has 0 amide bonds. The van der Waals surface area contributed by atoms with Crippen LogP contribution in [-0.4, -0.2) is 5.71 Å². The van der Waals surface area contributed by atoms with E-state index in [-0.39, 0.29) is 0 Å². The van der Waals surface area contributed by atoms with E-state index in [1.165, 1.54) is 38.5 Å². The fraction of sp³-hybridized carbons (Fsp3) is 0.727. The van der Waals surface area contributed by atoms with Crippen LogP contribution in [0.4, 0.5) is 0 Å². The molecular formula is C11H19N2. The van der Waals surface area contributed by atoms with Crippen LogP contribution in [0.5, 0.6) is 0 Å². The molecule has 0 aromatic heterocycles. The summed E-state index contributed by atoms with van der Waals surface area (Å²) in [5.41, 5.74) is 4.95. The van der Waals surface area contributed by atoms with E-state index < -0.39 is 0 Å². The van der Waals surface area contributed by atoms with E-state index >= 15 is 0 Å². The van der Waals surface area contributed by atoms with Crippen molar-refractivity contribution >= 4 is 5.71 Å². The van der Waals surface area contributed by atoms with E-state index in [0.717, 1.165) is 12.1 Å². The van der Waals surface area contributed by atoms with Crippen LogP contribution < -0.4 is 5.43 Å². The quantitative estimate of drug-likeness (QED) is 0.536. The molecule has 13 heavy (non-hydrogen) atoms. The molecule has 0 saturated carbocycles. The molecule has 2 nitrogen and oxygen atoms in total. The molecule has 0 unspecified atom stereocenters. The average Bonchev–Trinajstić information content (AvgIpc) is 2.63. The van der Waals surface area contributed by atoms with Crippen LogP contribution in [0.3, 0.4) is 0 Å². The maximum atomic E-state index is 4.00. The maximum absolute atomic E-state index is 4.00. The molecule has 1 rings (SSSR count). The van der Waals surface area contributed by atoms with Gasteiger partial charge in [0.25, 0.3) is 0 Å². The SMILES string of the molecule is CCCCCCCCC1=N[N]C=C1. The lowest BCUT2D eigenvalue weighted by Gasteiger charge is -1.98. The largest absolute Gasteiger partial charge is 0.159 e. The third kappa shape index (κ3) is 4.71. The molecule has 1 aliphatic rings. The summed E-state index contributed by atoms with van der Waals surface area (Å²) >= 11 is 0. The highest BCUT2D eigenvalue weighted by atomic mass is 15.3. The Morgan fingerprint density at radius 3 is 2.54 bits per heavy atom. The van der Waals surface area contributed by atoms with Gasteiger partial charge < -0.3 is 0 Å². The third-order valence-corrected chi connectivity index (χ3v) is 2.31. The first kappa shape index (κ1) is 10.3. The van der Waals surface area contributed by atoms with Gasteiger partial charge >= 0.3 is 0 Å². The molecule has 1 heterocycles. The molecule has 0 N–H and O–H groups in total. The first-order valence-corrected chi connectivity index (χ1v) is 5.36. The van der Waals surface area contributed by atoms with Crippen LogP contribution in [0.25, 0.3) is 0 Å². The highest BCUT2D eigenvalue weighted by Crippen LogP contribution is 2.08. The summed E-state index contributed by atoms with van der Waals surface area (Å²) in [7, 11) is 0. The lowest BCUT2D eigenvalue weighted by molar-refractivity contribution is 0.615. The van der Waals surface area contributed by atoms with Gasteiger partial charge in [0.05, 0.1) is 11.9 Å². The second-order valence-corrected chi connectivity index (χ2v) is 3.54. The molecule has 73 valence electrons. The van der Waals surface area contributed by atoms with Gasteiger partial charge in [-0.1, -0.05) is 39.0 Å². The first-order chi connectivity index (χ1) is 6.43. The lowest BCUT2D eigenvalue weighted by atomic mass is 10.1. The van der Waals surface area contributed by atoms with Gasteiger partial charge in [0.2, 0.25) is 0 Å². The van der Waals surface area contributed by atoms with Crippen molar-refractivity contribution < 1.29 is 0 Å². The van der Waals surface area contributed by atoms with Crippen molar-refractivity contribution in [2.75, 3.05) is 0 Å². The number of rotatable bonds is 7. The topological polar surface area (TPSA) is 26.5 Å². The van der Waals surface area contributed by atoms with Crippen LogP contribution in [0, 0.1) is 0 Å². The zero-order valence-electron chi connectivity index (χ0n) is 8.50. The van der Waals surface area contributed by atoms with Gasteiger partial charge in [-0.2, -0.15) is 10.5 Å². The number of hydrogen-bond donors (Lipinski definition) is 0. The summed E-state index contributed by atoms with van der Waals surface area (Å²) < 4.78 is 0. The van der Waals surface area contributed by atoms with Gasteiger partial charge in [0.15, 0.2) is 0 Å². The summed E-state index contributed by atoms with van der Waals surface area (Å²) in [6.45, 7) is 2.25. The second-order valence-electron chi connectivity index (χ2n) is 3.54. The van der Waals surface area contributed by atoms with E-state index in [1.54, 1.807) is 6.20 Å². The first-order valence-electron chi connectivity index (χ1n) is 5.36. The van der Waals surface area contributed by atoms with E-state index in [9.17, 15) is 0 Å². The Bertz CT molecular complexity index is 183. The molecule has 0 aliphatic carbocycles. The fourth-order valence-electron chi connectivity index (χ4n) is 1.48. The van der Waals surface area contributed by atoms with Gasteiger partial charge in [-0.15, -0.1) is 0 Å². The Morgan fingerprint density at radius 1 is 1.08 bits per heavy atom. The lowest BCUT2D eigenvalue weighted by Crippen LogP contribution is -1.91. The van der Waals surface area contributed by atoms with Crippen LogP contribution >= 0.6 is 0 Å². The van der Waals surface area contributed by atoms with Crippen LogP contribution in [0.1, 0.15) is 51.9 Å². The highest BCUT2D eigenvalue weighted by Gasteiger charge is 1.99. The predicted octanol–water partition coefficient (Wildman–Crippen LogP) is 3.22. The smallest absolute Gasteiger partial charge is 0.0646 e. The van der Waals surface area contributed by atoms with Gasteiger partial charge in [0, 0.05) is 0 Å². The van der Waals surface area contributed by atoms with E-state index in [0.29, 0.717) is 0 Å². The molecule has 0 bridgehead atoms. The molecule has 1 aliphatic heterocycles. The van der Waals surface area contributed by atoms with E-state index in [2.05, 4.69) is 17.5 Å². The second kappa shape index (κ2) is 6.70. The Labute approximate surface area is 81.1 Å². The van der Waals surface area contributed by atoms with Crippen molar-refractivity contribution in [2.45, 2.75) is 51.9 Å². The summed E-state index contributed by atoms with van der Waals surface area (Å²) in [5.74, 6) is 0. The van der Waals surface area contributed by atoms with Gasteiger partial charge in [0.1, 0.15) is 0 Å². The average molecular weight is 179 g/mol. The minimum atomic E-state index is 1.10. The minimum Gasteiger partial charge on any atom is -0.159 e. The number of nitrogens with zero attached hydrogens (tertiary/aromatic N) is 2. The van der Waals surface area contributed by atoms with Gasteiger partial charge in [-0.3, -0.25) is 0 Å². The molecule has 2 heteroatoms. The molecule has 1 radical (unpaired) electrons. The molecule has 0 aromatic carbocycles. The number of unbranched alkanes of at least 4 members (excludes halogenated alkanes) is 5. The van der Waals surface area contributed by atoms with Crippen molar-refractivity contribution in [3.05, 3.63) is 12.3 Å². The Kier molecular flexibility index (Phi) is 5.30. The normalized spacial score (nSPS) is 14.4. The third-order valence-electron chi connectivity index (χ3n) is 2.31. The van der Waals surface area contributed by atoms with Crippen LogP contribution in [0.2, 0.25) is 0 Å². The Hall–Kier alpha value is -0.790. The summed E-state index contributed by atoms with van der Waals surface area (Å²) in [5, 5.41) is 4.00. The van der Waals surface area contributed by atoms with Crippen molar-refractivity contribution in [1.29, 1.82) is 0 Å². The summed E-state index contributed by atoms with van der Waals surface area (Å²) in [6, 6.07) is 0. The maximum Gasteiger partial charge on any atom is 0.0646 e. The standard InChI is InChI=1S/C11H19N2/c1-2-3-4-5-6-7-8-11-9-10-12-13-11/h9-10H,2-8H2,1H3. The Balaban J connectivity index is 1.86. The molecule has 0 aromatic rings. The molecule has 0 saturated heterocycles. The molecule has 0 fully saturated rings. The van der Waals surface area contributed by atoms with Crippen molar-refractivity contribution in [3.8, 4) is 0 Å². The zero-order valence-corrected chi connectivity index (χ0v) is 8.50. The highest BCUT2D eigenvalue weighted by molar-refractivity contribution is 5.95. The van der Waals surface area contributed by atoms with E-state index in [4.69, 9.17) is 0 Å². The van der Waals surface area contributed by atoms with Crippen LogP contribution in [-0.2, 0) is 0 Å². The van der Waals surface area contributed by atoms with Gasteiger partial charge in [-0.05, 0) is 18.9 Å². The fourth-order valence-corrected chi connectivity index (χ4v) is 1.48. The van der Waals surface area contributed by atoms with Crippen molar-refractivity contribution in [1.82, 2.24) is 5.43 Å². The summed E-state index contributed by atoms with van der Waals surface area (Å²) in [6.07, 6.45) is 13.0. The van der Waals surface area contributed by atoms with Crippen molar-refractivity contribution in [2.24, 2.45) is 5.10 Å². The predicted molar refractivity (Wildman–Crippen MR) is 56.7 cm³/mol. The van der Waals surface area contributed by atoms with Crippen molar-refractivity contribution in [3.63, 3.8) is 0 Å². The molecule has 0 atom stereocenters. The Morgan fingerprint density at radius 2 is 1.85 bits per heavy atom. The molecular weight excluding hydrogens is 160 g/mol. The summed E-state index contributed by atoms with van der Waals surface area (Å²) in [4.78, 5) is 0. The minimum absolute atomic E-state index is 1.10.